The standard InChI is InChI=1S/C18H22N2O3/c1-18(2,3)23-17(21)20-12-13-7-9-14(10-8-13)16-15(22-4)6-5-11-19-16/h5-11H,12H2,1-4H3,(H,20,21). The van der Waals surface area contributed by atoms with Gasteiger partial charge in [0.05, 0.1) is 7.11 Å². The quantitative estimate of drug-likeness (QED) is 0.933. The number of methoxy groups -OCH3 is 1. The van der Waals surface area contributed by atoms with Crippen LogP contribution in [-0.2, 0) is 11.3 Å². The Labute approximate surface area is 136 Å². The number of hydrogen-bond donors (Lipinski definition) is 1. The van der Waals surface area contributed by atoms with Crippen LogP contribution < -0.4 is 10.1 Å². The fourth-order valence-electron chi connectivity index (χ4n) is 2.04. The summed E-state index contributed by atoms with van der Waals surface area (Å²) in [5, 5.41) is 2.74. The van der Waals surface area contributed by atoms with Gasteiger partial charge < -0.3 is 14.8 Å². The molecule has 0 spiro atoms. The number of ether oxygens (including phenoxy) is 2. The van der Waals surface area contributed by atoms with Crippen molar-refractivity contribution in [1.82, 2.24) is 10.3 Å². The second-order valence-electron chi connectivity index (χ2n) is 6.11. The summed E-state index contributed by atoms with van der Waals surface area (Å²) in [5.74, 6) is 0.729. The second kappa shape index (κ2) is 7.13. The fourth-order valence-corrected chi connectivity index (χ4v) is 2.04. The summed E-state index contributed by atoms with van der Waals surface area (Å²) < 4.78 is 10.5. The van der Waals surface area contributed by atoms with E-state index in [9.17, 15) is 4.79 Å². The van der Waals surface area contributed by atoms with Gasteiger partial charge >= 0.3 is 6.09 Å². The van der Waals surface area contributed by atoms with Gasteiger partial charge in [-0.2, -0.15) is 0 Å². The number of rotatable bonds is 4. The molecule has 0 saturated carbocycles. The maximum Gasteiger partial charge on any atom is 0.407 e. The zero-order valence-electron chi connectivity index (χ0n) is 13.9. The number of nitrogens with zero attached hydrogens (tertiary/aromatic N) is 1. The lowest BCUT2D eigenvalue weighted by Crippen LogP contribution is -2.32. The normalized spacial score (nSPS) is 11.0. The van der Waals surface area contributed by atoms with Gasteiger partial charge in [0, 0.05) is 18.3 Å². The third kappa shape index (κ3) is 4.98. The summed E-state index contributed by atoms with van der Waals surface area (Å²) in [7, 11) is 1.62. The molecule has 0 fully saturated rings. The molecule has 5 heteroatoms. The number of hydrogen-bond acceptors (Lipinski definition) is 4. The Kier molecular flexibility index (Phi) is 5.21. The first-order valence-electron chi connectivity index (χ1n) is 7.44. The molecule has 0 atom stereocenters. The van der Waals surface area contributed by atoms with E-state index < -0.39 is 11.7 Å². The van der Waals surface area contributed by atoms with Crippen LogP contribution in [0.5, 0.6) is 5.75 Å². The minimum absolute atomic E-state index is 0.411. The van der Waals surface area contributed by atoms with Crippen LogP contribution in [0.15, 0.2) is 42.6 Å². The topological polar surface area (TPSA) is 60.5 Å². The van der Waals surface area contributed by atoms with Gasteiger partial charge in [-0.1, -0.05) is 24.3 Å². The van der Waals surface area contributed by atoms with Crippen molar-refractivity contribution in [3.8, 4) is 17.0 Å². The molecule has 1 amide bonds. The van der Waals surface area contributed by atoms with Crippen molar-refractivity contribution in [2.75, 3.05) is 7.11 Å². The highest BCUT2D eigenvalue weighted by atomic mass is 16.6. The van der Waals surface area contributed by atoms with Gasteiger partial charge in [-0.25, -0.2) is 4.79 Å². The first kappa shape index (κ1) is 16.8. The van der Waals surface area contributed by atoms with Crippen LogP contribution in [0.25, 0.3) is 11.3 Å². The first-order chi connectivity index (χ1) is 10.9. The molecular weight excluding hydrogens is 292 g/mol. The third-order valence-electron chi connectivity index (χ3n) is 3.05. The molecule has 0 saturated heterocycles. The Morgan fingerprint density at radius 2 is 1.87 bits per heavy atom. The predicted octanol–water partition coefficient (Wildman–Crippen LogP) is 3.78. The van der Waals surface area contributed by atoms with E-state index in [1.54, 1.807) is 13.3 Å². The maximum atomic E-state index is 11.6. The van der Waals surface area contributed by atoms with Crippen LogP contribution in [0, 0.1) is 0 Å². The maximum absolute atomic E-state index is 11.6. The Hall–Kier alpha value is -2.56. The number of benzene rings is 1. The van der Waals surface area contributed by atoms with Gasteiger partial charge in [0.15, 0.2) is 0 Å². The van der Waals surface area contributed by atoms with E-state index in [2.05, 4.69) is 10.3 Å². The summed E-state index contributed by atoms with van der Waals surface area (Å²) >= 11 is 0. The van der Waals surface area contributed by atoms with Gasteiger partial charge in [-0.15, -0.1) is 0 Å². The van der Waals surface area contributed by atoms with Crippen molar-refractivity contribution in [1.29, 1.82) is 0 Å². The zero-order valence-corrected chi connectivity index (χ0v) is 13.9. The summed E-state index contributed by atoms with van der Waals surface area (Å²) in [4.78, 5) is 16.0. The highest BCUT2D eigenvalue weighted by molar-refractivity contribution is 5.68. The molecule has 5 nitrogen and oxygen atoms in total. The number of carbonyl (C=O) groups excluding carboxylic acids is 1. The van der Waals surface area contributed by atoms with Crippen LogP contribution in [0.1, 0.15) is 26.3 Å². The van der Waals surface area contributed by atoms with Crippen molar-refractivity contribution in [3.05, 3.63) is 48.2 Å². The largest absolute Gasteiger partial charge is 0.494 e. The van der Waals surface area contributed by atoms with Crippen molar-refractivity contribution in [3.63, 3.8) is 0 Å². The molecular formula is C18H22N2O3. The lowest BCUT2D eigenvalue weighted by molar-refractivity contribution is 0.0523. The van der Waals surface area contributed by atoms with Crippen LogP contribution in [0.2, 0.25) is 0 Å². The molecule has 0 bridgehead atoms. The van der Waals surface area contributed by atoms with Crippen LogP contribution in [0.4, 0.5) is 4.79 Å². The minimum atomic E-state index is -0.497. The van der Waals surface area contributed by atoms with E-state index in [0.29, 0.717) is 6.54 Å². The molecule has 2 aromatic rings. The highest BCUT2D eigenvalue weighted by Crippen LogP contribution is 2.27. The molecule has 122 valence electrons. The van der Waals surface area contributed by atoms with E-state index in [1.807, 2.05) is 57.2 Å². The number of alkyl carbamates (subject to hydrolysis) is 1. The average molecular weight is 314 g/mol. The predicted molar refractivity (Wildman–Crippen MR) is 89.3 cm³/mol. The molecule has 1 N–H and O–H groups in total. The summed E-state index contributed by atoms with van der Waals surface area (Å²) in [6, 6.07) is 11.5. The average Bonchev–Trinajstić information content (AvgIpc) is 2.52. The van der Waals surface area contributed by atoms with Gasteiger partial charge in [0.2, 0.25) is 0 Å². The Balaban J connectivity index is 2.01. The van der Waals surface area contributed by atoms with Crippen molar-refractivity contribution in [2.45, 2.75) is 32.9 Å². The molecule has 0 aliphatic carbocycles. The summed E-state index contributed by atoms with van der Waals surface area (Å²) in [6.07, 6.45) is 1.31. The van der Waals surface area contributed by atoms with E-state index >= 15 is 0 Å². The molecule has 23 heavy (non-hydrogen) atoms. The van der Waals surface area contributed by atoms with Crippen molar-refractivity contribution in [2.24, 2.45) is 0 Å². The van der Waals surface area contributed by atoms with Gasteiger partial charge in [0.1, 0.15) is 17.0 Å². The molecule has 1 aromatic carbocycles. The number of nitrogens with one attached hydrogen (secondary N) is 1. The zero-order chi connectivity index (χ0) is 16.9. The number of aromatic nitrogens is 1. The van der Waals surface area contributed by atoms with Gasteiger partial charge in [-0.05, 0) is 38.5 Å². The SMILES string of the molecule is COc1cccnc1-c1ccc(CNC(=O)OC(C)(C)C)cc1. The van der Waals surface area contributed by atoms with E-state index in [-0.39, 0.29) is 0 Å². The third-order valence-corrected chi connectivity index (χ3v) is 3.05. The molecule has 0 radical (unpaired) electrons. The summed E-state index contributed by atoms with van der Waals surface area (Å²) in [5.41, 5.74) is 2.24. The van der Waals surface area contributed by atoms with Crippen molar-refractivity contribution >= 4 is 6.09 Å². The summed E-state index contributed by atoms with van der Waals surface area (Å²) in [6.45, 7) is 5.92. The Bertz CT molecular complexity index is 661. The highest BCUT2D eigenvalue weighted by Gasteiger charge is 2.15. The minimum Gasteiger partial charge on any atom is -0.494 e. The lowest BCUT2D eigenvalue weighted by atomic mass is 10.1. The van der Waals surface area contributed by atoms with Crippen LogP contribution >= 0.6 is 0 Å². The molecule has 0 aliphatic rings. The first-order valence-corrected chi connectivity index (χ1v) is 7.44. The molecule has 1 aromatic heterocycles. The Morgan fingerprint density at radius 3 is 2.48 bits per heavy atom. The smallest absolute Gasteiger partial charge is 0.407 e. The molecule has 0 unspecified atom stereocenters. The van der Waals surface area contributed by atoms with Gasteiger partial charge in [-0.3, -0.25) is 4.98 Å². The van der Waals surface area contributed by atoms with E-state index in [0.717, 1.165) is 22.6 Å². The van der Waals surface area contributed by atoms with E-state index in [4.69, 9.17) is 9.47 Å². The number of carbonyl (C=O) groups is 1. The van der Waals surface area contributed by atoms with Crippen LogP contribution in [0.3, 0.4) is 0 Å². The Morgan fingerprint density at radius 1 is 1.17 bits per heavy atom. The fraction of sp³-hybridized carbons (Fsp3) is 0.333. The second-order valence-corrected chi connectivity index (χ2v) is 6.11. The number of amides is 1. The molecule has 0 aliphatic heterocycles. The van der Waals surface area contributed by atoms with E-state index in [1.165, 1.54) is 0 Å². The number of pyridine rings is 1. The van der Waals surface area contributed by atoms with Crippen molar-refractivity contribution < 1.29 is 14.3 Å². The molecule has 2 rings (SSSR count). The monoisotopic (exact) mass is 314 g/mol. The lowest BCUT2D eigenvalue weighted by Gasteiger charge is -2.19. The molecule has 1 heterocycles. The van der Waals surface area contributed by atoms with Crippen LogP contribution in [-0.4, -0.2) is 23.8 Å². The van der Waals surface area contributed by atoms with Gasteiger partial charge in [0.25, 0.3) is 0 Å².